The van der Waals surface area contributed by atoms with Crippen LogP contribution in [0.4, 0.5) is 4.39 Å². The van der Waals surface area contributed by atoms with Crippen molar-refractivity contribution in [1.82, 2.24) is 0 Å². The third-order valence-corrected chi connectivity index (χ3v) is 0.895. The Labute approximate surface area is 53.8 Å². The Kier molecular flexibility index (Phi) is 1.14. The Balaban J connectivity index is 3.23. The van der Waals surface area contributed by atoms with Crippen LogP contribution in [0.3, 0.4) is 0 Å². The van der Waals surface area contributed by atoms with Crippen molar-refractivity contribution in [2.75, 3.05) is 0 Å². The van der Waals surface area contributed by atoms with E-state index in [4.69, 9.17) is 6.63 Å². The molecule has 0 bridgehead atoms. The van der Waals surface area contributed by atoms with Crippen LogP contribution in [0.2, 0.25) is 0 Å². The molecule has 0 saturated carbocycles. The molecular formula is C7H4FN. The normalized spacial score (nSPS) is 10.0. The number of rotatable bonds is 0. The molecule has 0 N–H and O–H groups in total. The van der Waals surface area contributed by atoms with Gasteiger partial charge in [-0.25, -0.2) is 4.39 Å². The van der Waals surface area contributed by atoms with Gasteiger partial charge in [-0.15, -0.1) is 0 Å². The van der Waals surface area contributed by atoms with Crippen LogP contribution in [-0.2, 0) is 0 Å². The second-order valence-corrected chi connectivity index (χ2v) is 1.53. The Morgan fingerprint density at radius 1 is 1.56 bits per heavy atom. The van der Waals surface area contributed by atoms with Crippen LogP contribution in [0.1, 0.15) is 6.93 Å². The van der Waals surface area contributed by atoms with E-state index in [0.29, 0.717) is 0 Å². The summed E-state index contributed by atoms with van der Waals surface area (Å²) < 4.78 is 19.3. The molecule has 1 rings (SSSR count). The standard InChI is InChI=1S/C7H4FN/c8-7-3-1-6(5-9)2-4-7/h1-4H/i1D. The molecule has 0 heterocycles. The third kappa shape index (κ3) is 1.26. The van der Waals surface area contributed by atoms with Gasteiger partial charge in [0.15, 0.2) is 0 Å². The van der Waals surface area contributed by atoms with Gasteiger partial charge in [-0.3, -0.25) is 0 Å². The summed E-state index contributed by atoms with van der Waals surface area (Å²) >= 11 is 0. The quantitative estimate of drug-likeness (QED) is 0.513. The monoisotopic (exact) mass is 122 g/mol. The van der Waals surface area contributed by atoms with E-state index in [1.165, 1.54) is 6.07 Å². The summed E-state index contributed by atoms with van der Waals surface area (Å²) in [5, 5.41) is 8.32. The molecule has 0 aliphatic heterocycles. The highest BCUT2D eigenvalue weighted by Crippen LogP contribution is 1.99. The first kappa shape index (κ1) is 4.51. The summed E-state index contributed by atoms with van der Waals surface area (Å²) in [6, 6.07) is 5.17. The minimum Gasteiger partial charge on any atom is -0.207 e. The molecule has 0 amide bonds. The molecular weight excluding hydrogens is 117 g/mol. The maximum absolute atomic E-state index is 12.3. The molecule has 1 aromatic carbocycles. The molecule has 2 heteroatoms. The van der Waals surface area contributed by atoms with E-state index in [-0.39, 0.29) is 11.6 Å². The van der Waals surface area contributed by atoms with Gasteiger partial charge in [0.05, 0.1) is 13.0 Å². The van der Waals surface area contributed by atoms with E-state index in [9.17, 15) is 4.39 Å². The van der Waals surface area contributed by atoms with Gasteiger partial charge < -0.3 is 0 Å². The maximum Gasteiger partial charge on any atom is 0.123 e. The molecule has 0 fully saturated rings. The predicted octanol–water partition coefficient (Wildman–Crippen LogP) is 1.70. The van der Waals surface area contributed by atoms with Gasteiger partial charge in [0.25, 0.3) is 0 Å². The van der Waals surface area contributed by atoms with Crippen LogP contribution >= 0.6 is 0 Å². The largest absolute Gasteiger partial charge is 0.207 e. The van der Waals surface area contributed by atoms with E-state index in [0.717, 1.165) is 12.1 Å². The number of halogens is 1. The molecule has 1 aromatic rings. The third-order valence-electron chi connectivity index (χ3n) is 0.895. The Morgan fingerprint density at radius 2 is 2.33 bits per heavy atom. The lowest BCUT2D eigenvalue weighted by molar-refractivity contribution is 0.627. The number of nitrogens with zero attached hydrogens (tertiary/aromatic N) is 1. The Morgan fingerprint density at radius 3 is 2.89 bits per heavy atom. The summed E-state index contributed by atoms with van der Waals surface area (Å²) in [6.45, 7) is 0. The second-order valence-electron chi connectivity index (χ2n) is 1.53. The van der Waals surface area contributed by atoms with Crippen molar-refractivity contribution in [1.29, 1.82) is 5.26 Å². The molecule has 0 unspecified atom stereocenters. The zero-order valence-corrected chi connectivity index (χ0v) is 4.56. The van der Waals surface area contributed by atoms with E-state index in [1.54, 1.807) is 6.07 Å². The maximum atomic E-state index is 12.3. The average Bonchev–Trinajstić information content (AvgIpc) is 1.88. The highest BCUT2D eigenvalue weighted by atomic mass is 19.1. The fourth-order valence-electron chi connectivity index (χ4n) is 0.475. The van der Waals surface area contributed by atoms with Crippen LogP contribution in [0.25, 0.3) is 0 Å². The Hall–Kier alpha value is -1.36. The molecule has 9 heavy (non-hydrogen) atoms. The van der Waals surface area contributed by atoms with Gasteiger partial charge in [-0.2, -0.15) is 5.26 Å². The van der Waals surface area contributed by atoms with Crippen LogP contribution in [0.15, 0.2) is 24.2 Å². The topological polar surface area (TPSA) is 23.8 Å². The number of hydrogen-bond donors (Lipinski definition) is 0. The van der Waals surface area contributed by atoms with Crippen LogP contribution in [0.5, 0.6) is 0 Å². The van der Waals surface area contributed by atoms with Crippen LogP contribution < -0.4 is 0 Å². The molecule has 0 aliphatic rings. The van der Waals surface area contributed by atoms with Gasteiger partial charge in [-0.05, 0) is 24.2 Å². The zero-order valence-electron chi connectivity index (χ0n) is 5.56. The summed E-state index contributed by atoms with van der Waals surface area (Å²) in [6.07, 6.45) is 0. The fraction of sp³-hybridized carbons (Fsp3) is 0. The number of nitriles is 1. The van der Waals surface area contributed by atoms with Crippen LogP contribution in [-0.4, -0.2) is 0 Å². The highest BCUT2D eigenvalue weighted by molar-refractivity contribution is 5.28. The van der Waals surface area contributed by atoms with Crippen molar-refractivity contribution in [3.8, 4) is 6.07 Å². The molecule has 0 atom stereocenters. The fourth-order valence-corrected chi connectivity index (χ4v) is 0.475. The van der Waals surface area contributed by atoms with Gasteiger partial charge >= 0.3 is 0 Å². The van der Waals surface area contributed by atoms with Gasteiger partial charge in [0.1, 0.15) is 5.82 Å². The molecule has 0 radical (unpaired) electrons. The van der Waals surface area contributed by atoms with Crippen molar-refractivity contribution in [2.45, 2.75) is 0 Å². The summed E-state index contributed by atoms with van der Waals surface area (Å²) in [7, 11) is 0. The lowest BCUT2D eigenvalue weighted by atomic mass is 10.2. The summed E-state index contributed by atoms with van der Waals surface area (Å²) in [5.74, 6) is -0.482. The predicted molar refractivity (Wildman–Crippen MR) is 31.1 cm³/mol. The lowest BCUT2D eigenvalue weighted by Crippen LogP contribution is -1.73. The van der Waals surface area contributed by atoms with Crippen molar-refractivity contribution in [2.24, 2.45) is 0 Å². The first-order valence-corrected chi connectivity index (χ1v) is 2.40. The van der Waals surface area contributed by atoms with E-state index in [2.05, 4.69) is 0 Å². The van der Waals surface area contributed by atoms with Crippen molar-refractivity contribution in [3.05, 3.63) is 35.6 Å². The SMILES string of the molecule is [2H]c1cc(F)ccc1C#N. The van der Waals surface area contributed by atoms with Gasteiger partial charge in [0, 0.05) is 0 Å². The molecule has 1 nitrogen and oxygen atoms in total. The smallest absolute Gasteiger partial charge is 0.123 e. The zero-order chi connectivity index (χ0) is 7.56. The minimum absolute atomic E-state index is 0.0671. The lowest BCUT2D eigenvalue weighted by Gasteiger charge is -1.84. The Bertz CT molecular complexity index is 290. The minimum atomic E-state index is -0.482. The molecule has 0 aromatic heterocycles. The first-order valence-electron chi connectivity index (χ1n) is 2.90. The molecule has 0 aliphatic carbocycles. The van der Waals surface area contributed by atoms with Crippen molar-refractivity contribution >= 4 is 0 Å². The van der Waals surface area contributed by atoms with Crippen LogP contribution in [0, 0.1) is 17.1 Å². The molecule has 0 spiro atoms. The van der Waals surface area contributed by atoms with E-state index >= 15 is 0 Å². The first-order chi connectivity index (χ1) is 4.74. The van der Waals surface area contributed by atoms with E-state index in [1.807, 2.05) is 0 Å². The summed E-state index contributed by atoms with van der Waals surface area (Å²) in [4.78, 5) is 0. The average molecular weight is 122 g/mol. The highest BCUT2D eigenvalue weighted by Gasteiger charge is 1.87. The summed E-state index contributed by atoms with van der Waals surface area (Å²) in [5.41, 5.74) is 0.196. The van der Waals surface area contributed by atoms with Crippen molar-refractivity contribution in [3.63, 3.8) is 0 Å². The van der Waals surface area contributed by atoms with Crippen molar-refractivity contribution < 1.29 is 5.76 Å². The van der Waals surface area contributed by atoms with E-state index < -0.39 is 5.82 Å². The van der Waals surface area contributed by atoms with Gasteiger partial charge in [-0.1, -0.05) is 0 Å². The second kappa shape index (κ2) is 2.27. The van der Waals surface area contributed by atoms with Gasteiger partial charge in [0.2, 0.25) is 0 Å². The molecule has 44 valence electrons. The number of hydrogen-bond acceptors (Lipinski definition) is 1. The molecule has 0 saturated heterocycles. The number of benzene rings is 1.